The van der Waals surface area contributed by atoms with Gasteiger partial charge in [-0.1, -0.05) is 12.1 Å². The number of methoxy groups -OCH3 is 1. The molecule has 20 heavy (non-hydrogen) atoms. The molecule has 112 valence electrons. The van der Waals surface area contributed by atoms with Crippen molar-refractivity contribution in [3.05, 3.63) is 36.4 Å². The smallest absolute Gasteiger partial charge is 0.247 e. The molecule has 0 atom stereocenters. The zero-order valence-corrected chi connectivity index (χ0v) is 12.3. The summed E-state index contributed by atoms with van der Waals surface area (Å²) in [7, 11) is -2.38. The molecule has 0 heterocycles. The summed E-state index contributed by atoms with van der Waals surface area (Å²) in [5.41, 5.74) is 6.23. The van der Waals surface area contributed by atoms with E-state index in [2.05, 4.69) is 6.58 Å². The fourth-order valence-electron chi connectivity index (χ4n) is 1.75. The molecule has 0 amide bonds. The fourth-order valence-corrected chi connectivity index (χ4v) is 3.36. The van der Waals surface area contributed by atoms with Gasteiger partial charge in [0, 0.05) is 19.6 Å². The first kappa shape index (κ1) is 16.6. The van der Waals surface area contributed by atoms with Crippen LogP contribution in [0.3, 0.4) is 0 Å². The van der Waals surface area contributed by atoms with Crippen LogP contribution in [0.25, 0.3) is 0 Å². The number of hydrogen-bond donors (Lipinski definition) is 2. The van der Waals surface area contributed by atoms with Crippen molar-refractivity contribution in [1.29, 1.82) is 0 Å². The highest BCUT2D eigenvalue weighted by molar-refractivity contribution is 7.89. The molecule has 0 spiro atoms. The number of aliphatic hydroxyl groups is 1. The summed E-state index contributed by atoms with van der Waals surface area (Å²) in [5, 5.41) is 9.01. The lowest BCUT2D eigenvalue weighted by atomic mass is 10.2. The van der Waals surface area contributed by atoms with Crippen LogP contribution in [0.1, 0.15) is 5.56 Å². The van der Waals surface area contributed by atoms with Crippen LogP contribution in [0.2, 0.25) is 0 Å². The van der Waals surface area contributed by atoms with Gasteiger partial charge in [0.1, 0.15) is 10.6 Å². The van der Waals surface area contributed by atoms with Crippen molar-refractivity contribution in [1.82, 2.24) is 4.31 Å². The van der Waals surface area contributed by atoms with E-state index in [0.29, 0.717) is 5.56 Å². The van der Waals surface area contributed by atoms with E-state index in [9.17, 15) is 8.42 Å². The highest BCUT2D eigenvalue weighted by Gasteiger charge is 2.26. The van der Waals surface area contributed by atoms with Crippen LogP contribution in [-0.2, 0) is 16.6 Å². The molecule has 1 aromatic carbocycles. The molecule has 0 fully saturated rings. The van der Waals surface area contributed by atoms with Crippen molar-refractivity contribution in [2.24, 2.45) is 5.73 Å². The van der Waals surface area contributed by atoms with Crippen LogP contribution < -0.4 is 10.5 Å². The van der Waals surface area contributed by atoms with Crippen LogP contribution in [0, 0.1) is 0 Å². The van der Waals surface area contributed by atoms with Crippen molar-refractivity contribution < 1.29 is 18.3 Å². The second kappa shape index (κ2) is 7.39. The minimum atomic E-state index is -3.78. The lowest BCUT2D eigenvalue weighted by Crippen LogP contribution is -2.34. The topological polar surface area (TPSA) is 92.9 Å². The normalized spacial score (nSPS) is 11.6. The largest absolute Gasteiger partial charge is 0.495 e. The summed E-state index contributed by atoms with van der Waals surface area (Å²) in [6, 6.07) is 4.77. The summed E-state index contributed by atoms with van der Waals surface area (Å²) in [5.74, 6) is 0.245. The summed E-state index contributed by atoms with van der Waals surface area (Å²) in [6.45, 7) is 3.59. The predicted molar refractivity (Wildman–Crippen MR) is 76.9 cm³/mol. The van der Waals surface area contributed by atoms with E-state index < -0.39 is 10.0 Å². The van der Waals surface area contributed by atoms with Crippen LogP contribution >= 0.6 is 0 Å². The van der Waals surface area contributed by atoms with Crippen molar-refractivity contribution in [2.75, 3.05) is 26.8 Å². The Labute approximate surface area is 119 Å². The van der Waals surface area contributed by atoms with Gasteiger partial charge in [0.25, 0.3) is 0 Å². The lowest BCUT2D eigenvalue weighted by Gasteiger charge is -2.21. The van der Waals surface area contributed by atoms with E-state index in [-0.39, 0.29) is 36.9 Å². The number of aliphatic hydroxyl groups excluding tert-OH is 1. The molecule has 0 aromatic heterocycles. The van der Waals surface area contributed by atoms with E-state index >= 15 is 0 Å². The van der Waals surface area contributed by atoms with Gasteiger partial charge in [-0.15, -0.1) is 6.58 Å². The summed E-state index contributed by atoms with van der Waals surface area (Å²) >= 11 is 0. The molecule has 0 aliphatic heterocycles. The molecule has 0 aliphatic carbocycles. The van der Waals surface area contributed by atoms with Gasteiger partial charge in [-0.05, 0) is 17.7 Å². The van der Waals surface area contributed by atoms with E-state index in [4.69, 9.17) is 15.6 Å². The van der Waals surface area contributed by atoms with E-state index in [1.165, 1.54) is 19.3 Å². The number of ether oxygens (including phenoxy) is 1. The minimum absolute atomic E-state index is 0.00956. The summed E-state index contributed by atoms with van der Waals surface area (Å²) < 4.78 is 31.5. The van der Waals surface area contributed by atoms with E-state index in [1.807, 2.05) is 0 Å². The predicted octanol–water partition coefficient (Wildman–Crippen LogP) is 0.323. The van der Waals surface area contributed by atoms with Crippen LogP contribution in [0.4, 0.5) is 0 Å². The maximum Gasteiger partial charge on any atom is 0.247 e. The molecule has 7 heteroatoms. The van der Waals surface area contributed by atoms with Gasteiger partial charge in [-0.2, -0.15) is 4.31 Å². The minimum Gasteiger partial charge on any atom is -0.495 e. The molecule has 0 saturated heterocycles. The Morgan fingerprint density at radius 1 is 1.50 bits per heavy atom. The second-order valence-electron chi connectivity index (χ2n) is 4.06. The quantitative estimate of drug-likeness (QED) is 0.675. The fraction of sp³-hybridized carbons (Fsp3) is 0.385. The number of hydrogen-bond acceptors (Lipinski definition) is 5. The third-order valence-electron chi connectivity index (χ3n) is 2.76. The van der Waals surface area contributed by atoms with Crippen molar-refractivity contribution in [2.45, 2.75) is 11.4 Å². The molecule has 6 nitrogen and oxygen atoms in total. The molecule has 0 saturated carbocycles. The second-order valence-corrected chi connectivity index (χ2v) is 5.97. The van der Waals surface area contributed by atoms with Crippen molar-refractivity contribution in [3.8, 4) is 5.75 Å². The SMILES string of the molecule is C=CCN(CCO)S(=O)(=O)c1cc(CN)ccc1OC. The number of benzene rings is 1. The Morgan fingerprint density at radius 3 is 2.70 bits per heavy atom. The Balaban J connectivity index is 3.34. The molecule has 0 aliphatic rings. The number of nitrogens with zero attached hydrogens (tertiary/aromatic N) is 1. The lowest BCUT2D eigenvalue weighted by molar-refractivity contribution is 0.260. The molecule has 0 unspecified atom stereocenters. The van der Waals surface area contributed by atoms with Gasteiger partial charge in [-0.25, -0.2) is 8.42 Å². The third kappa shape index (κ3) is 3.57. The zero-order valence-electron chi connectivity index (χ0n) is 11.4. The number of sulfonamides is 1. The van der Waals surface area contributed by atoms with Gasteiger partial charge in [-0.3, -0.25) is 0 Å². The van der Waals surface area contributed by atoms with E-state index in [0.717, 1.165) is 4.31 Å². The Kier molecular flexibility index (Phi) is 6.15. The molecule has 1 rings (SSSR count). The van der Waals surface area contributed by atoms with Crippen LogP contribution in [-0.4, -0.2) is 44.6 Å². The highest BCUT2D eigenvalue weighted by atomic mass is 32.2. The molecule has 0 radical (unpaired) electrons. The first-order valence-corrected chi connectivity index (χ1v) is 7.54. The average molecular weight is 300 g/mol. The Morgan fingerprint density at radius 2 is 2.20 bits per heavy atom. The number of rotatable bonds is 8. The first-order chi connectivity index (χ1) is 9.51. The number of nitrogens with two attached hydrogens (primary N) is 1. The summed E-state index contributed by atoms with van der Waals surface area (Å²) in [4.78, 5) is 0.0400. The maximum absolute atomic E-state index is 12.6. The van der Waals surface area contributed by atoms with Gasteiger partial charge < -0.3 is 15.6 Å². The molecule has 1 aromatic rings. The maximum atomic E-state index is 12.6. The third-order valence-corrected chi connectivity index (χ3v) is 4.65. The Bertz CT molecular complexity index is 557. The zero-order chi connectivity index (χ0) is 15.2. The van der Waals surface area contributed by atoms with Crippen molar-refractivity contribution in [3.63, 3.8) is 0 Å². The van der Waals surface area contributed by atoms with Gasteiger partial charge >= 0.3 is 0 Å². The van der Waals surface area contributed by atoms with Gasteiger partial charge in [0.15, 0.2) is 0 Å². The van der Waals surface area contributed by atoms with Gasteiger partial charge in [0.05, 0.1) is 13.7 Å². The standard InChI is InChI=1S/C13H20N2O4S/c1-3-6-15(7-8-16)20(17,18)13-9-11(10-14)4-5-12(13)19-2/h3-5,9,16H,1,6-8,10,14H2,2H3. The first-order valence-electron chi connectivity index (χ1n) is 6.10. The highest BCUT2D eigenvalue weighted by Crippen LogP contribution is 2.27. The van der Waals surface area contributed by atoms with Crippen molar-refractivity contribution >= 4 is 10.0 Å². The van der Waals surface area contributed by atoms with Crippen LogP contribution in [0.15, 0.2) is 35.7 Å². The Hall–Kier alpha value is -1.41. The average Bonchev–Trinajstić information content (AvgIpc) is 2.46. The molecule has 3 N–H and O–H groups in total. The van der Waals surface area contributed by atoms with Gasteiger partial charge in [0.2, 0.25) is 10.0 Å². The molecule has 0 bridgehead atoms. The summed E-state index contributed by atoms with van der Waals surface area (Å²) in [6.07, 6.45) is 1.46. The molecular weight excluding hydrogens is 280 g/mol. The molecular formula is C13H20N2O4S. The van der Waals surface area contributed by atoms with Crippen LogP contribution in [0.5, 0.6) is 5.75 Å². The van der Waals surface area contributed by atoms with E-state index in [1.54, 1.807) is 12.1 Å². The monoisotopic (exact) mass is 300 g/mol.